The van der Waals surface area contributed by atoms with Gasteiger partial charge in [0.25, 0.3) is 5.91 Å². The number of carbonyl (C=O) groups excluding carboxylic acids is 1. The number of nitrogens with zero attached hydrogens (tertiary/aromatic N) is 2. The number of fused-ring (bicyclic) bond motifs is 1. The Morgan fingerprint density at radius 3 is 2.75 bits per heavy atom. The predicted molar refractivity (Wildman–Crippen MR) is 77.3 cm³/mol. The summed E-state index contributed by atoms with van der Waals surface area (Å²) in [5, 5.41) is 12.0. The fourth-order valence-electron chi connectivity index (χ4n) is 2.13. The molecule has 5 nitrogen and oxygen atoms in total. The molecule has 0 bridgehead atoms. The van der Waals surface area contributed by atoms with E-state index in [1.807, 2.05) is 19.9 Å². The van der Waals surface area contributed by atoms with Gasteiger partial charge >= 0.3 is 0 Å². The van der Waals surface area contributed by atoms with Crippen molar-refractivity contribution in [1.82, 2.24) is 15.3 Å². The zero-order valence-corrected chi connectivity index (χ0v) is 11.7. The number of carbonyl (C=O) groups is 1. The smallest absolute Gasteiger partial charge is 0.253 e. The third-order valence-corrected chi connectivity index (χ3v) is 3.30. The number of aromatic nitrogens is 2. The summed E-state index contributed by atoms with van der Waals surface area (Å²) >= 11 is 0. The molecule has 1 heterocycles. The fraction of sp³-hybridized carbons (Fsp3) is 0.400. The van der Waals surface area contributed by atoms with Crippen LogP contribution in [0.1, 0.15) is 30.6 Å². The number of hydrogen-bond acceptors (Lipinski definition) is 4. The highest BCUT2D eigenvalue weighted by atomic mass is 16.3. The van der Waals surface area contributed by atoms with E-state index in [-0.39, 0.29) is 24.5 Å². The number of benzene rings is 1. The first-order valence-electron chi connectivity index (χ1n) is 6.75. The average molecular weight is 273 g/mol. The summed E-state index contributed by atoms with van der Waals surface area (Å²) in [7, 11) is 0. The lowest BCUT2D eigenvalue weighted by molar-refractivity contribution is 0.0918. The van der Waals surface area contributed by atoms with Gasteiger partial charge in [-0.2, -0.15) is 0 Å². The molecule has 0 saturated heterocycles. The molecule has 1 aromatic carbocycles. The molecule has 0 aliphatic rings. The van der Waals surface area contributed by atoms with Crippen molar-refractivity contribution in [1.29, 1.82) is 0 Å². The molecule has 0 spiro atoms. The Kier molecular flexibility index (Phi) is 4.63. The van der Waals surface area contributed by atoms with Crippen LogP contribution < -0.4 is 5.32 Å². The van der Waals surface area contributed by atoms with Crippen LogP contribution in [0, 0.1) is 5.92 Å². The first-order chi connectivity index (χ1) is 9.63. The van der Waals surface area contributed by atoms with Gasteiger partial charge in [0.15, 0.2) is 0 Å². The summed E-state index contributed by atoms with van der Waals surface area (Å²) < 4.78 is 0. The molecule has 0 fully saturated rings. The molecular weight excluding hydrogens is 254 g/mol. The summed E-state index contributed by atoms with van der Waals surface area (Å²) in [5.74, 6) is 0.0791. The van der Waals surface area contributed by atoms with Crippen molar-refractivity contribution in [2.75, 3.05) is 6.61 Å². The van der Waals surface area contributed by atoms with Gasteiger partial charge in [0.1, 0.15) is 5.52 Å². The minimum Gasteiger partial charge on any atom is -0.396 e. The maximum absolute atomic E-state index is 12.4. The second kappa shape index (κ2) is 6.43. The highest BCUT2D eigenvalue weighted by molar-refractivity contribution is 6.04. The molecular formula is C15H19N3O2. The van der Waals surface area contributed by atoms with Crippen LogP contribution in [0.2, 0.25) is 0 Å². The Hall–Kier alpha value is -2.01. The number of aliphatic hydroxyl groups is 1. The SMILES string of the molecule is CC(C)C(CCO)NC(=O)c1cccc2nccnc12. The Morgan fingerprint density at radius 2 is 2.05 bits per heavy atom. The van der Waals surface area contributed by atoms with Gasteiger partial charge in [-0.15, -0.1) is 0 Å². The van der Waals surface area contributed by atoms with Crippen molar-refractivity contribution in [3.8, 4) is 0 Å². The molecule has 2 rings (SSSR count). The van der Waals surface area contributed by atoms with Crippen LogP contribution >= 0.6 is 0 Å². The number of amides is 1. The number of para-hydroxylation sites is 1. The van der Waals surface area contributed by atoms with Crippen LogP contribution in [0.25, 0.3) is 11.0 Å². The summed E-state index contributed by atoms with van der Waals surface area (Å²) in [6.07, 6.45) is 3.72. The standard InChI is InChI=1S/C15H19N3O2/c1-10(2)12(6-9-19)18-15(20)11-4-3-5-13-14(11)17-8-7-16-13/h3-5,7-8,10,12,19H,6,9H2,1-2H3,(H,18,20). The number of rotatable bonds is 5. The number of nitrogens with one attached hydrogen (secondary N) is 1. The van der Waals surface area contributed by atoms with Crippen molar-refractivity contribution in [3.63, 3.8) is 0 Å². The van der Waals surface area contributed by atoms with Gasteiger partial charge in [-0.1, -0.05) is 19.9 Å². The molecule has 2 aromatic rings. The maximum atomic E-state index is 12.4. The average Bonchev–Trinajstić information content (AvgIpc) is 2.46. The molecule has 1 atom stereocenters. The molecule has 0 radical (unpaired) electrons. The minimum absolute atomic E-state index is 0.0540. The Morgan fingerprint density at radius 1 is 1.30 bits per heavy atom. The number of hydrogen-bond donors (Lipinski definition) is 2. The van der Waals surface area contributed by atoms with E-state index in [1.54, 1.807) is 24.5 Å². The quantitative estimate of drug-likeness (QED) is 0.870. The van der Waals surface area contributed by atoms with Gasteiger partial charge in [-0.25, -0.2) is 0 Å². The van der Waals surface area contributed by atoms with Crippen LogP contribution in [-0.2, 0) is 0 Å². The fourth-order valence-corrected chi connectivity index (χ4v) is 2.13. The summed E-state index contributed by atoms with van der Waals surface area (Å²) in [4.78, 5) is 20.8. The molecule has 2 N–H and O–H groups in total. The van der Waals surface area contributed by atoms with Crippen LogP contribution in [0.15, 0.2) is 30.6 Å². The highest BCUT2D eigenvalue weighted by Gasteiger charge is 2.18. The van der Waals surface area contributed by atoms with Gasteiger partial charge in [0.2, 0.25) is 0 Å². The van der Waals surface area contributed by atoms with Gasteiger partial charge < -0.3 is 10.4 Å². The van der Waals surface area contributed by atoms with Crippen molar-refractivity contribution in [2.45, 2.75) is 26.3 Å². The van der Waals surface area contributed by atoms with E-state index >= 15 is 0 Å². The Labute approximate surface area is 118 Å². The van der Waals surface area contributed by atoms with Crippen LogP contribution in [0.5, 0.6) is 0 Å². The minimum atomic E-state index is -0.178. The van der Waals surface area contributed by atoms with Crippen molar-refractivity contribution >= 4 is 16.9 Å². The van der Waals surface area contributed by atoms with Crippen LogP contribution in [0.4, 0.5) is 0 Å². The van der Waals surface area contributed by atoms with Gasteiger partial charge in [-0.05, 0) is 24.5 Å². The molecule has 5 heteroatoms. The molecule has 1 unspecified atom stereocenters. The molecule has 106 valence electrons. The lowest BCUT2D eigenvalue weighted by atomic mass is 10.0. The van der Waals surface area contributed by atoms with Crippen molar-refractivity contribution < 1.29 is 9.90 Å². The summed E-state index contributed by atoms with van der Waals surface area (Å²) in [5.41, 5.74) is 1.81. The molecule has 0 aliphatic heterocycles. The lowest BCUT2D eigenvalue weighted by Gasteiger charge is -2.21. The second-order valence-corrected chi connectivity index (χ2v) is 5.07. The normalized spacial score (nSPS) is 12.6. The van der Waals surface area contributed by atoms with E-state index in [4.69, 9.17) is 5.11 Å². The third-order valence-electron chi connectivity index (χ3n) is 3.30. The monoisotopic (exact) mass is 273 g/mol. The zero-order valence-electron chi connectivity index (χ0n) is 11.7. The Balaban J connectivity index is 2.27. The second-order valence-electron chi connectivity index (χ2n) is 5.07. The summed E-state index contributed by atoms with van der Waals surface area (Å²) in [6, 6.07) is 5.30. The van der Waals surface area contributed by atoms with E-state index in [1.165, 1.54) is 0 Å². The van der Waals surface area contributed by atoms with E-state index in [9.17, 15) is 4.79 Å². The van der Waals surface area contributed by atoms with Gasteiger partial charge in [0, 0.05) is 25.0 Å². The van der Waals surface area contributed by atoms with Crippen molar-refractivity contribution in [2.24, 2.45) is 5.92 Å². The lowest BCUT2D eigenvalue weighted by Crippen LogP contribution is -2.39. The molecule has 0 saturated carbocycles. The predicted octanol–water partition coefficient (Wildman–Crippen LogP) is 1.77. The zero-order chi connectivity index (χ0) is 14.5. The largest absolute Gasteiger partial charge is 0.396 e. The topological polar surface area (TPSA) is 75.1 Å². The molecule has 1 amide bonds. The first kappa shape index (κ1) is 14.4. The van der Waals surface area contributed by atoms with Crippen LogP contribution in [-0.4, -0.2) is 33.6 Å². The molecule has 0 aliphatic carbocycles. The third kappa shape index (κ3) is 3.11. The highest BCUT2D eigenvalue weighted by Crippen LogP contribution is 2.15. The molecule has 1 aromatic heterocycles. The van der Waals surface area contributed by atoms with E-state index in [0.29, 0.717) is 23.0 Å². The van der Waals surface area contributed by atoms with Crippen molar-refractivity contribution in [3.05, 3.63) is 36.2 Å². The van der Waals surface area contributed by atoms with E-state index in [2.05, 4.69) is 15.3 Å². The maximum Gasteiger partial charge on any atom is 0.253 e. The summed E-state index contributed by atoms with van der Waals surface area (Å²) in [6.45, 7) is 4.09. The first-order valence-corrected chi connectivity index (χ1v) is 6.75. The number of aliphatic hydroxyl groups excluding tert-OH is 1. The molecule has 20 heavy (non-hydrogen) atoms. The van der Waals surface area contributed by atoms with E-state index < -0.39 is 0 Å². The van der Waals surface area contributed by atoms with Gasteiger partial charge in [0.05, 0.1) is 11.1 Å². The van der Waals surface area contributed by atoms with E-state index in [0.717, 1.165) is 0 Å². The Bertz CT molecular complexity index is 593. The van der Waals surface area contributed by atoms with Gasteiger partial charge in [-0.3, -0.25) is 14.8 Å². The van der Waals surface area contributed by atoms with Crippen LogP contribution in [0.3, 0.4) is 0 Å².